The number of aliphatic hydroxyl groups is 1. The van der Waals surface area contributed by atoms with Crippen LogP contribution in [-0.4, -0.2) is 82.1 Å². The molecule has 0 aliphatic carbocycles. The maximum absolute atomic E-state index is 13.7. The number of anilines is 1. The van der Waals surface area contributed by atoms with Crippen LogP contribution in [0, 0.1) is 0 Å². The molecule has 0 spiro atoms. The molecule has 4 heterocycles. The zero-order chi connectivity index (χ0) is 24.9. The molecule has 3 aromatic heterocycles. The largest absolute Gasteiger partial charge is 0.395 e. The Morgan fingerprint density at radius 3 is 2.72 bits per heavy atom. The van der Waals surface area contributed by atoms with Crippen molar-refractivity contribution in [3.05, 3.63) is 59.3 Å². The van der Waals surface area contributed by atoms with Crippen molar-refractivity contribution in [3.8, 4) is 11.3 Å². The smallest absolute Gasteiger partial charge is 0.294 e. The number of piperazine rings is 1. The highest BCUT2D eigenvalue weighted by molar-refractivity contribution is 5.96. The SMILES string of the molecule is CCCOCCn1c(=O)c(N2CCN(CCO)CC2)nc2cnc(-c3cccc4cnccc34)cc21. The van der Waals surface area contributed by atoms with Gasteiger partial charge in [-0.05, 0) is 23.9 Å². The highest BCUT2D eigenvalue weighted by atomic mass is 16.5. The van der Waals surface area contributed by atoms with Crippen LogP contribution in [0.4, 0.5) is 5.82 Å². The van der Waals surface area contributed by atoms with Gasteiger partial charge in [0.2, 0.25) is 0 Å². The minimum Gasteiger partial charge on any atom is -0.395 e. The van der Waals surface area contributed by atoms with Crippen LogP contribution in [0.25, 0.3) is 33.1 Å². The summed E-state index contributed by atoms with van der Waals surface area (Å²) in [4.78, 5) is 31.7. The van der Waals surface area contributed by atoms with E-state index in [2.05, 4.69) is 16.8 Å². The van der Waals surface area contributed by atoms with Gasteiger partial charge in [0.15, 0.2) is 5.82 Å². The second kappa shape index (κ2) is 11.1. The van der Waals surface area contributed by atoms with Crippen molar-refractivity contribution in [2.24, 2.45) is 0 Å². The lowest BCUT2D eigenvalue weighted by Gasteiger charge is -2.34. The van der Waals surface area contributed by atoms with E-state index in [0.29, 0.717) is 50.7 Å². The Bertz CT molecular complexity index is 1390. The Morgan fingerprint density at radius 1 is 1.06 bits per heavy atom. The minimum absolute atomic E-state index is 0.113. The molecule has 0 radical (unpaired) electrons. The third-order valence-corrected chi connectivity index (χ3v) is 6.67. The van der Waals surface area contributed by atoms with Crippen LogP contribution < -0.4 is 10.5 Å². The van der Waals surface area contributed by atoms with Crippen molar-refractivity contribution >= 4 is 27.6 Å². The standard InChI is InChI=1S/C27H32N6O3/c1-2-15-36-16-13-33-25-17-23(22-5-3-4-20-18-28-7-6-21(20)22)29-19-24(25)30-26(27(33)35)32-10-8-31(9-11-32)12-14-34/h3-7,17-19,34H,2,8-16H2,1H3. The summed E-state index contributed by atoms with van der Waals surface area (Å²) < 4.78 is 7.53. The van der Waals surface area contributed by atoms with Gasteiger partial charge in [0.1, 0.15) is 5.52 Å². The zero-order valence-corrected chi connectivity index (χ0v) is 20.6. The fourth-order valence-electron chi connectivity index (χ4n) is 4.78. The van der Waals surface area contributed by atoms with Crippen molar-refractivity contribution in [2.45, 2.75) is 19.9 Å². The summed E-state index contributed by atoms with van der Waals surface area (Å²) in [7, 11) is 0. The van der Waals surface area contributed by atoms with Gasteiger partial charge in [-0.3, -0.25) is 19.7 Å². The molecule has 1 fully saturated rings. The summed E-state index contributed by atoms with van der Waals surface area (Å²) in [6.45, 7) is 7.36. The molecular formula is C27H32N6O3. The number of aromatic nitrogens is 4. The number of pyridine rings is 2. The summed E-state index contributed by atoms with van der Waals surface area (Å²) >= 11 is 0. The Balaban J connectivity index is 1.56. The molecule has 1 aliphatic heterocycles. The third kappa shape index (κ3) is 4.95. The molecule has 9 nitrogen and oxygen atoms in total. The molecule has 1 N–H and O–H groups in total. The lowest BCUT2D eigenvalue weighted by molar-refractivity contribution is 0.127. The van der Waals surface area contributed by atoms with E-state index in [4.69, 9.17) is 14.7 Å². The normalized spacial score (nSPS) is 14.7. The zero-order valence-electron chi connectivity index (χ0n) is 20.6. The first-order valence-corrected chi connectivity index (χ1v) is 12.6. The van der Waals surface area contributed by atoms with Crippen LogP contribution in [0.2, 0.25) is 0 Å². The van der Waals surface area contributed by atoms with E-state index in [1.807, 2.05) is 41.4 Å². The van der Waals surface area contributed by atoms with Crippen LogP contribution in [0.15, 0.2) is 53.7 Å². The molecule has 0 unspecified atom stereocenters. The molecule has 1 aliphatic rings. The second-order valence-electron chi connectivity index (χ2n) is 9.02. The number of hydrogen-bond acceptors (Lipinski definition) is 8. The van der Waals surface area contributed by atoms with Gasteiger partial charge >= 0.3 is 0 Å². The highest BCUT2D eigenvalue weighted by Gasteiger charge is 2.22. The molecule has 0 bridgehead atoms. The minimum atomic E-state index is -0.113. The van der Waals surface area contributed by atoms with Crippen molar-refractivity contribution in [3.63, 3.8) is 0 Å². The van der Waals surface area contributed by atoms with Gasteiger partial charge in [-0.25, -0.2) is 4.98 Å². The van der Waals surface area contributed by atoms with Crippen molar-refractivity contribution in [1.82, 2.24) is 24.4 Å². The number of aliphatic hydroxyl groups excluding tert-OH is 1. The lowest BCUT2D eigenvalue weighted by Crippen LogP contribution is -2.49. The van der Waals surface area contributed by atoms with Gasteiger partial charge in [-0.2, -0.15) is 0 Å². The molecule has 0 amide bonds. The van der Waals surface area contributed by atoms with Gasteiger partial charge in [0, 0.05) is 69.2 Å². The molecule has 1 saturated heterocycles. The van der Waals surface area contributed by atoms with Gasteiger partial charge < -0.3 is 19.3 Å². The quantitative estimate of drug-likeness (QED) is 0.359. The number of ether oxygens (including phenoxy) is 1. The number of nitrogens with zero attached hydrogens (tertiary/aromatic N) is 6. The van der Waals surface area contributed by atoms with Crippen LogP contribution in [0.5, 0.6) is 0 Å². The van der Waals surface area contributed by atoms with Gasteiger partial charge in [-0.15, -0.1) is 0 Å². The van der Waals surface area contributed by atoms with E-state index in [9.17, 15) is 9.90 Å². The second-order valence-corrected chi connectivity index (χ2v) is 9.02. The lowest BCUT2D eigenvalue weighted by atomic mass is 10.0. The van der Waals surface area contributed by atoms with E-state index in [-0.39, 0.29) is 12.2 Å². The third-order valence-electron chi connectivity index (χ3n) is 6.67. The molecule has 188 valence electrons. The van der Waals surface area contributed by atoms with Crippen molar-refractivity contribution < 1.29 is 9.84 Å². The number of β-amino-alcohol motifs (C(OH)–C–C–N with tert-alkyl or cyclic N) is 1. The summed E-state index contributed by atoms with van der Waals surface area (Å²) in [6, 6.07) is 10.0. The number of rotatable bonds is 9. The summed E-state index contributed by atoms with van der Waals surface area (Å²) in [5.74, 6) is 0.451. The van der Waals surface area contributed by atoms with E-state index >= 15 is 0 Å². The highest BCUT2D eigenvalue weighted by Crippen LogP contribution is 2.28. The van der Waals surface area contributed by atoms with Gasteiger partial charge in [0.05, 0.1) is 30.6 Å². The maximum Gasteiger partial charge on any atom is 0.294 e. The Labute approximate surface area is 210 Å². The first-order valence-electron chi connectivity index (χ1n) is 12.6. The van der Waals surface area contributed by atoms with E-state index in [1.54, 1.807) is 17.0 Å². The van der Waals surface area contributed by atoms with Crippen molar-refractivity contribution in [2.75, 3.05) is 57.4 Å². The van der Waals surface area contributed by atoms with E-state index in [0.717, 1.165) is 47.1 Å². The Morgan fingerprint density at radius 2 is 1.92 bits per heavy atom. The fraction of sp³-hybridized carbons (Fsp3) is 0.407. The molecular weight excluding hydrogens is 456 g/mol. The van der Waals surface area contributed by atoms with Crippen LogP contribution in [0.3, 0.4) is 0 Å². The average Bonchev–Trinajstić information content (AvgIpc) is 2.92. The summed E-state index contributed by atoms with van der Waals surface area (Å²) in [6.07, 6.45) is 6.31. The maximum atomic E-state index is 13.7. The number of benzene rings is 1. The Hall–Kier alpha value is -3.40. The molecule has 0 saturated carbocycles. The molecule has 9 heteroatoms. The molecule has 5 rings (SSSR count). The summed E-state index contributed by atoms with van der Waals surface area (Å²) in [5, 5.41) is 11.3. The summed E-state index contributed by atoms with van der Waals surface area (Å²) in [5.41, 5.74) is 3.09. The van der Waals surface area contributed by atoms with E-state index in [1.165, 1.54) is 0 Å². The van der Waals surface area contributed by atoms with Gasteiger partial charge in [-0.1, -0.05) is 25.1 Å². The van der Waals surface area contributed by atoms with Crippen molar-refractivity contribution in [1.29, 1.82) is 0 Å². The van der Waals surface area contributed by atoms with Crippen LogP contribution in [-0.2, 0) is 11.3 Å². The van der Waals surface area contributed by atoms with Gasteiger partial charge in [0.25, 0.3) is 5.56 Å². The molecule has 1 aromatic carbocycles. The van der Waals surface area contributed by atoms with Crippen LogP contribution in [0.1, 0.15) is 13.3 Å². The Kier molecular flexibility index (Phi) is 7.50. The molecule has 36 heavy (non-hydrogen) atoms. The topological polar surface area (TPSA) is 96.6 Å². The molecule has 4 aromatic rings. The fourth-order valence-corrected chi connectivity index (χ4v) is 4.78. The van der Waals surface area contributed by atoms with E-state index < -0.39 is 0 Å². The first-order chi connectivity index (χ1) is 17.7. The first kappa shape index (κ1) is 24.3. The predicted molar refractivity (Wildman–Crippen MR) is 141 cm³/mol. The average molecular weight is 489 g/mol. The molecule has 0 atom stereocenters. The predicted octanol–water partition coefficient (Wildman–Crippen LogP) is 2.55. The monoisotopic (exact) mass is 488 g/mol. The van der Waals surface area contributed by atoms with Crippen LogP contribution >= 0.6 is 0 Å². The number of fused-ring (bicyclic) bond motifs is 2. The number of hydrogen-bond donors (Lipinski definition) is 1.